The summed E-state index contributed by atoms with van der Waals surface area (Å²) >= 11 is 0. The Labute approximate surface area is 148 Å². The number of methoxy groups -OCH3 is 1. The number of carbonyl (C=O) groups excluding carboxylic acids is 1. The van der Waals surface area contributed by atoms with Gasteiger partial charge in [-0.15, -0.1) is 0 Å². The normalized spacial score (nSPS) is 16.6. The second-order valence-corrected chi connectivity index (χ2v) is 6.25. The lowest BCUT2D eigenvalue weighted by atomic mass is 10.1. The van der Waals surface area contributed by atoms with E-state index in [4.69, 9.17) is 9.47 Å². The molecule has 1 aliphatic rings. The second-order valence-electron chi connectivity index (χ2n) is 6.25. The van der Waals surface area contributed by atoms with Gasteiger partial charge in [0.2, 0.25) is 5.91 Å². The molecule has 2 aromatic rings. The Balaban J connectivity index is 1.58. The van der Waals surface area contributed by atoms with E-state index >= 15 is 0 Å². The average molecular weight is 343 g/mol. The van der Waals surface area contributed by atoms with Crippen molar-refractivity contribution in [3.63, 3.8) is 0 Å². The average Bonchev–Trinajstić information content (AvgIpc) is 3.10. The first-order chi connectivity index (χ1) is 12.2. The van der Waals surface area contributed by atoms with Crippen LogP contribution in [0, 0.1) is 0 Å². The summed E-state index contributed by atoms with van der Waals surface area (Å²) in [5.41, 5.74) is 2.20. The fraction of sp³-hybridized carbons (Fsp3) is 0.474. The summed E-state index contributed by atoms with van der Waals surface area (Å²) in [5.74, 6) is 1.03. The number of hydrogen-bond acceptors (Lipinski definition) is 4. The van der Waals surface area contributed by atoms with E-state index in [1.165, 1.54) is 0 Å². The third-order valence-electron chi connectivity index (χ3n) is 4.50. The summed E-state index contributed by atoms with van der Waals surface area (Å²) in [6.45, 7) is 4.48. The molecule has 2 heterocycles. The molecule has 0 saturated heterocycles. The van der Waals surface area contributed by atoms with Gasteiger partial charge in [0.1, 0.15) is 5.75 Å². The molecule has 1 amide bonds. The first kappa shape index (κ1) is 17.5. The molecule has 0 bridgehead atoms. The van der Waals surface area contributed by atoms with Crippen LogP contribution in [0.4, 0.5) is 0 Å². The number of aryl methyl sites for hydroxylation is 1. The molecule has 0 aliphatic carbocycles. The summed E-state index contributed by atoms with van der Waals surface area (Å²) in [6.07, 6.45) is 4.88. The van der Waals surface area contributed by atoms with Crippen molar-refractivity contribution in [3.8, 4) is 5.75 Å². The monoisotopic (exact) mass is 343 g/mol. The van der Waals surface area contributed by atoms with Crippen LogP contribution in [0.1, 0.15) is 30.6 Å². The van der Waals surface area contributed by atoms with Crippen molar-refractivity contribution in [1.29, 1.82) is 0 Å². The lowest BCUT2D eigenvalue weighted by Crippen LogP contribution is -2.42. The molecule has 3 rings (SSSR count). The van der Waals surface area contributed by atoms with Gasteiger partial charge < -0.3 is 18.9 Å². The maximum atomic E-state index is 12.7. The van der Waals surface area contributed by atoms with E-state index in [2.05, 4.69) is 9.55 Å². The molecule has 0 fully saturated rings. The number of nitrogens with zero attached hydrogens (tertiary/aromatic N) is 3. The summed E-state index contributed by atoms with van der Waals surface area (Å²) in [5, 5.41) is 0. The fourth-order valence-corrected chi connectivity index (χ4v) is 3.23. The molecule has 0 radical (unpaired) electrons. The number of ether oxygens (including phenoxy) is 2. The molecule has 1 aromatic carbocycles. The van der Waals surface area contributed by atoms with E-state index in [-0.39, 0.29) is 11.9 Å². The number of carbonyl (C=O) groups is 1. The molecule has 0 spiro atoms. The molecule has 1 aromatic heterocycles. The third-order valence-corrected chi connectivity index (χ3v) is 4.50. The molecule has 1 aliphatic heterocycles. The maximum Gasteiger partial charge on any atom is 0.223 e. The lowest BCUT2D eigenvalue weighted by molar-refractivity contribution is -0.133. The standard InChI is InChI=1S/C19H25N3O3/c1-3-25-18-7-4-15(5-8-18)6-9-19(23)21-11-16-10-20-14-22(16)17(12-21)13-24-2/h4-5,7-8,10,14,17H,3,6,9,11-13H2,1-2H3/t17-/m0/s1. The van der Waals surface area contributed by atoms with Crippen LogP contribution in [0.2, 0.25) is 0 Å². The largest absolute Gasteiger partial charge is 0.494 e. The minimum absolute atomic E-state index is 0.130. The van der Waals surface area contributed by atoms with Crippen molar-refractivity contribution < 1.29 is 14.3 Å². The Hall–Kier alpha value is -2.34. The van der Waals surface area contributed by atoms with Crippen molar-refractivity contribution in [2.75, 3.05) is 26.9 Å². The first-order valence-corrected chi connectivity index (χ1v) is 8.70. The molecule has 0 N–H and O–H groups in total. The van der Waals surface area contributed by atoms with Crippen LogP contribution in [0.3, 0.4) is 0 Å². The molecular formula is C19H25N3O3. The Morgan fingerprint density at radius 1 is 1.32 bits per heavy atom. The molecule has 1 atom stereocenters. The van der Waals surface area contributed by atoms with Crippen LogP contribution < -0.4 is 4.74 Å². The number of aromatic nitrogens is 2. The number of benzene rings is 1. The van der Waals surface area contributed by atoms with Crippen LogP contribution in [0.15, 0.2) is 36.8 Å². The molecule has 0 saturated carbocycles. The topological polar surface area (TPSA) is 56.6 Å². The van der Waals surface area contributed by atoms with Gasteiger partial charge in [-0.3, -0.25) is 4.79 Å². The highest BCUT2D eigenvalue weighted by Gasteiger charge is 2.27. The van der Waals surface area contributed by atoms with Gasteiger partial charge in [-0.1, -0.05) is 12.1 Å². The Morgan fingerprint density at radius 2 is 2.12 bits per heavy atom. The first-order valence-electron chi connectivity index (χ1n) is 8.70. The van der Waals surface area contributed by atoms with E-state index in [1.54, 1.807) is 7.11 Å². The van der Waals surface area contributed by atoms with Crippen LogP contribution in [-0.4, -0.2) is 47.2 Å². The van der Waals surface area contributed by atoms with E-state index in [0.717, 1.165) is 23.4 Å². The zero-order valence-electron chi connectivity index (χ0n) is 14.9. The second kappa shape index (κ2) is 8.16. The van der Waals surface area contributed by atoms with Gasteiger partial charge in [0.25, 0.3) is 0 Å². The van der Waals surface area contributed by atoms with Crippen LogP contribution in [0.25, 0.3) is 0 Å². The van der Waals surface area contributed by atoms with Crippen LogP contribution in [-0.2, 0) is 22.5 Å². The summed E-state index contributed by atoms with van der Waals surface area (Å²) < 4.78 is 12.9. The Kier molecular flexibility index (Phi) is 5.71. The van der Waals surface area contributed by atoms with Crippen molar-refractivity contribution >= 4 is 5.91 Å². The van der Waals surface area contributed by atoms with E-state index in [0.29, 0.717) is 32.7 Å². The van der Waals surface area contributed by atoms with Gasteiger partial charge in [-0.05, 0) is 31.0 Å². The molecule has 6 nitrogen and oxygen atoms in total. The molecular weight excluding hydrogens is 318 g/mol. The molecule has 0 unspecified atom stereocenters. The van der Waals surface area contributed by atoms with Crippen molar-refractivity contribution in [3.05, 3.63) is 48.0 Å². The van der Waals surface area contributed by atoms with E-state index in [1.807, 2.05) is 48.6 Å². The predicted molar refractivity (Wildman–Crippen MR) is 94.5 cm³/mol. The van der Waals surface area contributed by atoms with Crippen molar-refractivity contribution in [2.45, 2.75) is 32.4 Å². The zero-order valence-corrected chi connectivity index (χ0v) is 14.9. The number of imidazole rings is 1. The molecule has 25 heavy (non-hydrogen) atoms. The third kappa shape index (κ3) is 4.20. The van der Waals surface area contributed by atoms with Gasteiger partial charge >= 0.3 is 0 Å². The van der Waals surface area contributed by atoms with Gasteiger partial charge in [0, 0.05) is 26.3 Å². The number of hydrogen-bond donors (Lipinski definition) is 0. The fourth-order valence-electron chi connectivity index (χ4n) is 3.23. The predicted octanol–water partition coefficient (Wildman–Crippen LogP) is 2.44. The summed E-state index contributed by atoms with van der Waals surface area (Å²) in [6, 6.07) is 8.09. The maximum absolute atomic E-state index is 12.7. The molecule has 6 heteroatoms. The highest BCUT2D eigenvalue weighted by Crippen LogP contribution is 2.22. The zero-order chi connectivity index (χ0) is 17.6. The van der Waals surface area contributed by atoms with Crippen LogP contribution >= 0.6 is 0 Å². The van der Waals surface area contributed by atoms with Gasteiger partial charge in [0.15, 0.2) is 0 Å². The highest BCUT2D eigenvalue weighted by atomic mass is 16.5. The van der Waals surface area contributed by atoms with Crippen molar-refractivity contribution in [2.24, 2.45) is 0 Å². The minimum atomic E-state index is 0.130. The molecule has 134 valence electrons. The van der Waals surface area contributed by atoms with Gasteiger partial charge in [0.05, 0.1) is 37.8 Å². The summed E-state index contributed by atoms with van der Waals surface area (Å²) in [4.78, 5) is 18.8. The smallest absolute Gasteiger partial charge is 0.223 e. The Morgan fingerprint density at radius 3 is 2.84 bits per heavy atom. The highest BCUT2D eigenvalue weighted by molar-refractivity contribution is 5.76. The van der Waals surface area contributed by atoms with Gasteiger partial charge in [-0.2, -0.15) is 0 Å². The van der Waals surface area contributed by atoms with E-state index < -0.39 is 0 Å². The quantitative estimate of drug-likeness (QED) is 0.775. The number of amides is 1. The van der Waals surface area contributed by atoms with E-state index in [9.17, 15) is 4.79 Å². The summed E-state index contributed by atoms with van der Waals surface area (Å²) in [7, 11) is 1.68. The Bertz CT molecular complexity index is 696. The van der Waals surface area contributed by atoms with Crippen molar-refractivity contribution in [1.82, 2.24) is 14.5 Å². The SMILES string of the molecule is CCOc1ccc(CCC(=O)N2Cc3cncn3[C@H](COC)C2)cc1. The van der Waals surface area contributed by atoms with Gasteiger partial charge in [-0.25, -0.2) is 4.98 Å². The number of rotatable bonds is 7. The van der Waals surface area contributed by atoms with Crippen LogP contribution in [0.5, 0.6) is 5.75 Å². The number of fused-ring (bicyclic) bond motifs is 1. The minimum Gasteiger partial charge on any atom is -0.494 e. The lowest BCUT2D eigenvalue weighted by Gasteiger charge is -2.34.